The van der Waals surface area contributed by atoms with Crippen molar-refractivity contribution < 1.29 is 14.3 Å². The second kappa shape index (κ2) is 5.94. The first-order valence-corrected chi connectivity index (χ1v) is 7.33. The molecule has 3 rings (SSSR count). The van der Waals surface area contributed by atoms with Crippen LogP contribution in [0, 0.1) is 5.92 Å². The summed E-state index contributed by atoms with van der Waals surface area (Å²) in [5.41, 5.74) is 0.898. The number of hydrogen-bond donors (Lipinski definition) is 1. The van der Waals surface area contributed by atoms with Crippen molar-refractivity contribution in [2.45, 2.75) is 24.8 Å². The molecule has 0 radical (unpaired) electrons. The summed E-state index contributed by atoms with van der Waals surface area (Å²) in [4.78, 5) is 12.5. The molecule has 2 saturated heterocycles. The zero-order chi connectivity index (χ0) is 13.8. The van der Waals surface area contributed by atoms with Crippen LogP contribution in [0.1, 0.15) is 24.8 Å². The lowest BCUT2D eigenvalue weighted by atomic mass is 9.82. The lowest BCUT2D eigenvalue weighted by Gasteiger charge is -2.39. The van der Waals surface area contributed by atoms with Crippen LogP contribution < -0.4 is 5.32 Å². The van der Waals surface area contributed by atoms with E-state index in [4.69, 9.17) is 9.47 Å². The quantitative estimate of drug-likeness (QED) is 0.915. The number of carbonyl (C=O) groups is 1. The minimum atomic E-state index is -0.279. The fraction of sp³-hybridized carbons (Fsp3) is 0.562. The maximum atomic E-state index is 12.5. The third-order valence-corrected chi connectivity index (χ3v) is 4.34. The van der Waals surface area contributed by atoms with Crippen LogP contribution in [0.2, 0.25) is 0 Å². The summed E-state index contributed by atoms with van der Waals surface area (Å²) in [7, 11) is 0. The Hall–Kier alpha value is -1.39. The molecule has 1 amide bonds. The molecule has 2 fully saturated rings. The third kappa shape index (κ3) is 2.72. The average molecular weight is 275 g/mol. The van der Waals surface area contributed by atoms with E-state index in [9.17, 15) is 4.79 Å². The molecule has 0 spiro atoms. The molecule has 0 bridgehead atoms. The van der Waals surface area contributed by atoms with Crippen LogP contribution >= 0.6 is 0 Å². The summed E-state index contributed by atoms with van der Waals surface area (Å²) in [6.07, 6.45) is 2.49. The van der Waals surface area contributed by atoms with Crippen LogP contribution in [0.15, 0.2) is 30.3 Å². The van der Waals surface area contributed by atoms with Gasteiger partial charge in [-0.1, -0.05) is 30.3 Å². The summed E-state index contributed by atoms with van der Waals surface area (Å²) in [5.74, 6) is 0.117. The number of nitrogens with one attached hydrogen (secondary N) is 1. The fourth-order valence-corrected chi connectivity index (χ4v) is 3.04. The molecular weight excluding hydrogens is 254 g/mol. The Morgan fingerprint density at radius 3 is 2.50 bits per heavy atom. The first-order valence-electron chi connectivity index (χ1n) is 7.33. The molecule has 4 nitrogen and oxygen atoms in total. The van der Waals surface area contributed by atoms with E-state index in [-0.39, 0.29) is 17.4 Å². The number of ether oxygens (including phenoxy) is 2. The van der Waals surface area contributed by atoms with E-state index in [1.807, 2.05) is 18.2 Å². The van der Waals surface area contributed by atoms with Crippen LogP contribution in [0.3, 0.4) is 0 Å². The van der Waals surface area contributed by atoms with E-state index < -0.39 is 0 Å². The van der Waals surface area contributed by atoms with Gasteiger partial charge in [0.15, 0.2) is 0 Å². The van der Waals surface area contributed by atoms with Crippen molar-refractivity contribution in [3.63, 3.8) is 0 Å². The second-order valence-electron chi connectivity index (χ2n) is 5.61. The van der Waals surface area contributed by atoms with Gasteiger partial charge < -0.3 is 14.8 Å². The SMILES string of the molecule is O=C(NC1(c2ccccc2)CCOCC1)C1CCOC1. The van der Waals surface area contributed by atoms with Crippen molar-refractivity contribution >= 4 is 5.91 Å². The standard InChI is InChI=1S/C16H21NO3/c18-15(13-6-9-20-12-13)17-16(7-10-19-11-8-16)14-4-2-1-3-5-14/h1-5,13H,6-12H2,(H,17,18). The van der Waals surface area contributed by atoms with E-state index in [2.05, 4.69) is 17.4 Å². The second-order valence-corrected chi connectivity index (χ2v) is 5.61. The molecule has 0 aliphatic carbocycles. The van der Waals surface area contributed by atoms with Gasteiger partial charge in [-0.2, -0.15) is 0 Å². The van der Waals surface area contributed by atoms with Crippen molar-refractivity contribution in [1.29, 1.82) is 0 Å². The molecular formula is C16H21NO3. The van der Waals surface area contributed by atoms with Crippen molar-refractivity contribution in [1.82, 2.24) is 5.32 Å². The van der Waals surface area contributed by atoms with Gasteiger partial charge in [-0.15, -0.1) is 0 Å². The average Bonchev–Trinajstić information content (AvgIpc) is 3.03. The number of rotatable bonds is 3. The molecule has 0 aromatic heterocycles. The molecule has 4 heteroatoms. The van der Waals surface area contributed by atoms with Gasteiger partial charge in [0.1, 0.15) is 0 Å². The van der Waals surface area contributed by atoms with E-state index in [1.165, 1.54) is 5.56 Å². The minimum Gasteiger partial charge on any atom is -0.381 e. The molecule has 1 N–H and O–H groups in total. The molecule has 0 saturated carbocycles. The summed E-state index contributed by atoms with van der Waals surface area (Å²) >= 11 is 0. The van der Waals surface area contributed by atoms with Crippen molar-refractivity contribution in [2.24, 2.45) is 5.92 Å². The van der Waals surface area contributed by atoms with Gasteiger partial charge in [-0.3, -0.25) is 4.79 Å². The molecule has 1 unspecified atom stereocenters. The van der Waals surface area contributed by atoms with E-state index in [1.54, 1.807) is 0 Å². The maximum absolute atomic E-state index is 12.5. The van der Waals surface area contributed by atoms with Gasteiger partial charge in [0.25, 0.3) is 0 Å². The van der Waals surface area contributed by atoms with Gasteiger partial charge in [0, 0.05) is 19.8 Å². The Balaban J connectivity index is 1.80. The lowest BCUT2D eigenvalue weighted by Crippen LogP contribution is -2.51. The van der Waals surface area contributed by atoms with Gasteiger partial charge in [-0.05, 0) is 24.8 Å². The molecule has 2 aliphatic heterocycles. The summed E-state index contributed by atoms with van der Waals surface area (Å²) in [6.45, 7) is 2.62. The highest BCUT2D eigenvalue weighted by atomic mass is 16.5. The van der Waals surface area contributed by atoms with E-state index in [0.717, 1.165) is 19.3 Å². The molecule has 20 heavy (non-hydrogen) atoms. The number of hydrogen-bond acceptors (Lipinski definition) is 3. The Kier molecular flexibility index (Phi) is 4.03. The number of carbonyl (C=O) groups excluding carboxylic acids is 1. The highest BCUT2D eigenvalue weighted by molar-refractivity contribution is 5.80. The Morgan fingerprint density at radius 2 is 1.85 bits per heavy atom. The van der Waals surface area contributed by atoms with Gasteiger partial charge in [0.05, 0.1) is 18.1 Å². The number of benzene rings is 1. The lowest BCUT2D eigenvalue weighted by molar-refractivity contribution is -0.128. The Morgan fingerprint density at radius 1 is 1.10 bits per heavy atom. The minimum absolute atomic E-state index is 0.00145. The molecule has 1 atom stereocenters. The molecule has 108 valence electrons. The summed E-state index contributed by atoms with van der Waals surface area (Å²) in [5, 5.41) is 3.29. The van der Waals surface area contributed by atoms with Crippen LogP contribution in [0.4, 0.5) is 0 Å². The highest BCUT2D eigenvalue weighted by Gasteiger charge is 2.38. The van der Waals surface area contributed by atoms with Crippen LogP contribution in [-0.2, 0) is 19.8 Å². The Labute approximate surface area is 119 Å². The van der Waals surface area contributed by atoms with Crippen LogP contribution in [-0.4, -0.2) is 32.3 Å². The molecule has 2 heterocycles. The van der Waals surface area contributed by atoms with Gasteiger partial charge in [-0.25, -0.2) is 0 Å². The fourth-order valence-electron chi connectivity index (χ4n) is 3.04. The van der Waals surface area contributed by atoms with Crippen molar-refractivity contribution in [3.05, 3.63) is 35.9 Å². The van der Waals surface area contributed by atoms with E-state index in [0.29, 0.717) is 26.4 Å². The third-order valence-electron chi connectivity index (χ3n) is 4.34. The monoisotopic (exact) mass is 275 g/mol. The molecule has 1 aromatic carbocycles. The van der Waals surface area contributed by atoms with Crippen LogP contribution in [0.25, 0.3) is 0 Å². The first kappa shape index (κ1) is 13.6. The summed E-state index contributed by atoms with van der Waals surface area (Å²) in [6, 6.07) is 10.2. The zero-order valence-corrected chi connectivity index (χ0v) is 11.6. The molecule has 1 aromatic rings. The van der Waals surface area contributed by atoms with Crippen molar-refractivity contribution in [3.8, 4) is 0 Å². The number of amides is 1. The smallest absolute Gasteiger partial charge is 0.226 e. The van der Waals surface area contributed by atoms with E-state index >= 15 is 0 Å². The first-order chi connectivity index (χ1) is 9.80. The topological polar surface area (TPSA) is 47.6 Å². The van der Waals surface area contributed by atoms with Gasteiger partial charge >= 0.3 is 0 Å². The normalized spacial score (nSPS) is 25.3. The van der Waals surface area contributed by atoms with Crippen molar-refractivity contribution in [2.75, 3.05) is 26.4 Å². The summed E-state index contributed by atoms with van der Waals surface area (Å²) < 4.78 is 10.8. The largest absolute Gasteiger partial charge is 0.381 e. The van der Waals surface area contributed by atoms with Gasteiger partial charge in [0.2, 0.25) is 5.91 Å². The zero-order valence-electron chi connectivity index (χ0n) is 11.6. The predicted octanol–water partition coefficient (Wildman–Crippen LogP) is 1.84. The molecule has 2 aliphatic rings. The van der Waals surface area contributed by atoms with Crippen LogP contribution in [0.5, 0.6) is 0 Å². The Bertz CT molecular complexity index is 448. The maximum Gasteiger partial charge on any atom is 0.226 e. The predicted molar refractivity (Wildman–Crippen MR) is 75.2 cm³/mol. The highest BCUT2D eigenvalue weighted by Crippen LogP contribution is 2.32.